The molecule has 4 nitrogen and oxygen atoms in total. The van der Waals surface area contributed by atoms with Crippen LogP contribution < -0.4 is 0 Å². The molecule has 0 saturated carbocycles. The molecule has 0 rings (SSSR count). The van der Waals surface area contributed by atoms with Crippen molar-refractivity contribution in [3.8, 4) is 0 Å². The zero-order valence-electron chi connectivity index (χ0n) is 12.8. The van der Waals surface area contributed by atoms with Crippen LogP contribution in [0.15, 0.2) is 0 Å². The summed E-state index contributed by atoms with van der Waals surface area (Å²) in [4.78, 5) is 23.4. The standard InChI is InChI=1S/C14H26O4/c1-9(17-11(15)13(3,4)5)10(2)18-12(16)14(6,7)8/h9-10H,1-8H3. The molecule has 2 atom stereocenters. The Balaban J connectivity index is 4.41. The lowest BCUT2D eigenvalue weighted by Gasteiger charge is -2.27. The molecule has 0 N–H and O–H groups in total. The van der Waals surface area contributed by atoms with Crippen molar-refractivity contribution in [2.45, 2.75) is 67.6 Å². The Morgan fingerprint density at radius 1 is 0.722 bits per heavy atom. The third-order valence-corrected chi connectivity index (χ3v) is 2.47. The summed E-state index contributed by atoms with van der Waals surface area (Å²) >= 11 is 0. The molecule has 0 saturated heterocycles. The summed E-state index contributed by atoms with van der Waals surface area (Å²) in [6.45, 7) is 14.2. The van der Waals surface area contributed by atoms with Gasteiger partial charge in [-0.15, -0.1) is 0 Å². The lowest BCUT2D eigenvalue weighted by Crippen LogP contribution is -2.37. The van der Waals surface area contributed by atoms with Gasteiger partial charge in [0, 0.05) is 0 Å². The number of esters is 2. The highest BCUT2D eigenvalue weighted by Gasteiger charge is 2.30. The third kappa shape index (κ3) is 5.52. The second-order valence-corrected chi connectivity index (χ2v) is 6.72. The lowest BCUT2D eigenvalue weighted by molar-refractivity contribution is -0.175. The van der Waals surface area contributed by atoms with Crippen LogP contribution in [0.3, 0.4) is 0 Å². The van der Waals surface area contributed by atoms with E-state index in [-0.39, 0.29) is 11.9 Å². The Morgan fingerprint density at radius 3 is 1.11 bits per heavy atom. The van der Waals surface area contributed by atoms with E-state index in [2.05, 4.69) is 0 Å². The minimum Gasteiger partial charge on any atom is -0.458 e. The molecule has 106 valence electrons. The minimum absolute atomic E-state index is 0.298. The minimum atomic E-state index is -0.554. The van der Waals surface area contributed by atoms with Crippen molar-refractivity contribution in [3.05, 3.63) is 0 Å². The van der Waals surface area contributed by atoms with Gasteiger partial charge in [-0.1, -0.05) is 0 Å². The molecule has 0 heterocycles. The number of rotatable bonds is 3. The van der Waals surface area contributed by atoms with E-state index in [9.17, 15) is 9.59 Å². The molecule has 2 unspecified atom stereocenters. The Bertz CT molecular complexity index is 275. The first-order chi connectivity index (χ1) is 7.85. The van der Waals surface area contributed by atoms with Crippen LogP contribution in [0, 0.1) is 10.8 Å². The maximum absolute atomic E-state index is 11.7. The quantitative estimate of drug-likeness (QED) is 0.730. The van der Waals surface area contributed by atoms with E-state index in [0.717, 1.165) is 0 Å². The summed E-state index contributed by atoms with van der Waals surface area (Å²) in [7, 11) is 0. The molecule has 0 aliphatic carbocycles. The second kappa shape index (κ2) is 5.72. The zero-order valence-corrected chi connectivity index (χ0v) is 12.8. The van der Waals surface area contributed by atoms with E-state index in [1.54, 1.807) is 55.4 Å². The average Bonchev–Trinajstić information content (AvgIpc) is 2.14. The molecule has 0 bridgehead atoms. The number of hydrogen-bond acceptors (Lipinski definition) is 4. The molecule has 0 aliphatic rings. The van der Waals surface area contributed by atoms with Crippen molar-refractivity contribution in [1.82, 2.24) is 0 Å². The van der Waals surface area contributed by atoms with Crippen LogP contribution in [0.2, 0.25) is 0 Å². The topological polar surface area (TPSA) is 52.6 Å². The average molecular weight is 258 g/mol. The fourth-order valence-electron chi connectivity index (χ4n) is 0.883. The summed E-state index contributed by atoms with van der Waals surface area (Å²) in [5, 5.41) is 0. The molecule has 0 aromatic carbocycles. The highest BCUT2D eigenvalue weighted by atomic mass is 16.6. The SMILES string of the molecule is CC(OC(=O)C(C)(C)C)C(C)OC(=O)C(C)(C)C. The molecule has 0 aliphatic heterocycles. The van der Waals surface area contributed by atoms with Crippen molar-refractivity contribution in [3.63, 3.8) is 0 Å². The van der Waals surface area contributed by atoms with Crippen molar-refractivity contribution < 1.29 is 19.1 Å². The summed E-state index contributed by atoms with van der Waals surface area (Å²) in [5.41, 5.74) is -1.11. The first kappa shape index (κ1) is 16.9. The van der Waals surface area contributed by atoms with Gasteiger partial charge in [0.1, 0.15) is 12.2 Å². The summed E-state index contributed by atoms with van der Waals surface area (Å²) in [6, 6.07) is 0. The molecule has 0 aromatic rings. The molecule has 0 fully saturated rings. The van der Waals surface area contributed by atoms with Crippen LogP contribution in [0.25, 0.3) is 0 Å². The summed E-state index contributed by atoms with van der Waals surface area (Å²) < 4.78 is 10.5. The number of carbonyl (C=O) groups is 2. The molecule has 0 radical (unpaired) electrons. The third-order valence-electron chi connectivity index (χ3n) is 2.47. The molecular formula is C14H26O4. The van der Waals surface area contributed by atoms with Gasteiger partial charge in [0.25, 0.3) is 0 Å². The largest absolute Gasteiger partial charge is 0.458 e. The predicted molar refractivity (Wildman–Crippen MR) is 70.0 cm³/mol. The second-order valence-electron chi connectivity index (χ2n) is 6.72. The monoisotopic (exact) mass is 258 g/mol. The van der Waals surface area contributed by atoms with Crippen LogP contribution in [0.1, 0.15) is 55.4 Å². The maximum Gasteiger partial charge on any atom is 0.311 e. The van der Waals surface area contributed by atoms with Crippen LogP contribution in [0.5, 0.6) is 0 Å². The van der Waals surface area contributed by atoms with Crippen LogP contribution in [-0.4, -0.2) is 24.1 Å². The Hall–Kier alpha value is -1.06. The van der Waals surface area contributed by atoms with Gasteiger partial charge in [0.05, 0.1) is 10.8 Å². The Labute approximate surface area is 110 Å². The maximum atomic E-state index is 11.7. The van der Waals surface area contributed by atoms with Crippen LogP contribution in [-0.2, 0) is 19.1 Å². The number of carbonyl (C=O) groups excluding carboxylic acids is 2. The van der Waals surface area contributed by atoms with E-state index in [1.165, 1.54) is 0 Å². The molecule has 18 heavy (non-hydrogen) atoms. The highest BCUT2D eigenvalue weighted by molar-refractivity contribution is 5.76. The van der Waals surface area contributed by atoms with Gasteiger partial charge in [0.2, 0.25) is 0 Å². The normalized spacial score (nSPS) is 15.8. The van der Waals surface area contributed by atoms with Crippen molar-refractivity contribution in [2.24, 2.45) is 10.8 Å². The first-order valence-corrected chi connectivity index (χ1v) is 6.28. The molecule has 0 amide bonds. The Kier molecular flexibility index (Phi) is 5.38. The fraction of sp³-hybridized carbons (Fsp3) is 0.857. The van der Waals surface area contributed by atoms with E-state index in [4.69, 9.17) is 9.47 Å². The number of ether oxygens (including phenoxy) is 2. The van der Waals surface area contributed by atoms with Crippen LogP contribution >= 0.6 is 0 Å². The van der Waals surface area contributed by atoms with Gasteiger partial charge in [-0.25, -0.2) is 0 Å². The first-order valence-electron chi connectivity index (χ1n) is 6.28. The molecule has 0 aromatic heterocycles. The van der Waals surface area contributed by atoms with Gasteiger partial charge in [-0.05, 0) is 55.4 Å². The summed E-state index contributed by atoms with van der Waals surface area (Å²) in [6.07, 6.45) is -0.911. The fourth-order valence-corrected chi connectivity index (χ4v) is 0.883. The lowest BCUT2D eigenvalue weighted by atomic mass is 9.97. The van der Waals surface area contributed by atoms with Crippen LogP contribution in [0.4, 0.5) is 0 Å². The van der Waals surface area contributed by atoms with Gasteiger partial charge in [-0.2, -0.15) is 0 Å². The zero-order chi connectivity index (χ0) is 14.7. The predicted octanol–water partition coefficient (Wildman–Crippen LogP) is 2.94. The highest BCUT2D eigenvalue weighted by Crippen LogP contribution is 2.20. The van der Waals surface area contributed by atoms with E-state index < -0.39 is 23.0 Å². The Morgan fingerprint density at radius 2 is 0.944 bits per heavy atom. The van der Waals surface area contributed by atoms with Gasteiger partial charge in [-0.3, -0.25) is 9.59 Å². The van der Waals surface area contributed by atoms with E-state index >= 15 is 0 Å². The van der Waals surface area contributed by atoms with Gasteiger partial charge < -0.3 is 9.47 Å². The summed E-state index contributed by atoms with van der Waals surface area (Å²) in [5.74, 6) is -0.595. The van der Waals surface area contributed by atoms with Crippen molar-refractivity contribution >= 4 is 11.9 Å². The van der Waals surface area contributed by atoms with E-state index in [1.807, 2.05) is 0 Å². The van der Waals surface area contributed by atoms with E-state index in [0.29, 0.717) is 0 Å². The molecule has 4 heteroatoms. The molecule has 0 spiro atoms. The van der Waals surface area contributed by atoms with Crippen molar-refractivity contribution in [2.75, 3.05) is 0 Å². The van der Waals surface area contributed by atoms with Crippen molar-refractivity contribution in [1.29, 1.82) is 0 Å². The smallest absolute Gasteiger partial charge is 0.311 e. The molecular weight excluding hydrogens is 232 g/mol. The van der Waals surface area contributed by atoms with Gasteiger partial charge >= 0.3 is 11.9 Å². The van der Waals surface area contributed by atoms with Gasteiger partial charge in [0.15, 0.2) is 0 Å². The number of hydrogen-bond donors (Lipinski definition) is 0.